The first kappa shape index (κ1) is 20.8. The van der Waals surface area contributed by atoms with Crippen LogP contribution in [0, 0.1) is 5.92 Å². The first-order valence-corrected chi connectivity index (χ1v) is 10.4. The molecule has 0 spiro atoms. The third-order valence-corrected chi connectivity index (χ3v) is 4.56. The van der Waals surface area contributed by atoms with Crippen LogP contribution >= 0.6 is 0 Å². The number of ether oxygens (including phenoxy) is 2. The Bertz CT molecular complexity index is 861. The second kappa shape index (κ2) is 11.2. The summed E-state index contributed by atoms with van der Waals surface area (Å²) in [5.74, 6) is 2.33. The summed E-state index contributed by atoms with van der Waals surface area (Å²) in [5.41, 5.74) is 3.55. The lowest BCUT2D eigenvalue weighted by Gasteiger charge is -2.14. The van der Waals surface area contributed by atoms with Crippen molar-refractivity contribution in [1.29, 1.82) is 0 Å². The molecule has 0 saturated heterocycles. The second-order valence-electron chi connectivity index (χ2n) is 7.64. The summed E-state index contributed by atoms with van der Waals surface area (Å²) < 4.78 is 11.9. The molecular weight excluding hydrogens is 358 g/mol. The molecule has 0 radical (unpaired) electrons. The van der Waals surface area contributed by atoms with Gasteiger partial charge in [0.25, 0.3) is 0 Å². The molecule has 0 amide bonds. The van der Waals surface area contributed by atoms with E-state index in [0.717, 1.165) is 43.2 Å². The Hall–Kier alpha value is -2.94. The lowest BCUT2D eigenvalue weighted by Crippen LogP contribution is -2.06. The zero-order valence-corrected chi connectivity index (χ0v) is 17.4. The largest absolute Gasteiger partial charge is 0.493 e. The van der Waals surface area contributed by atoms with Crippen molar-refractivity contribution in [3.8, 4) is 11.5 Å². The van der Waals surface area contributed by atoms with Gasteiger partial charge in [-0.1, -0.05) is 68.4 Å². The van der Waals surface area contributed by atoms with Gasteiger partial charge in [0.1, 0.15) is 11.5 Å². The fraction of sp³-hybridized carbons (Fsp3) is 0.308. The molecule has 152 valence electrons. The highest BCUT2D eigenvalue weighted by atomic mass is 16.5. The lowest BCUT2D eigenvalue weighted by molar-refractivity contribution is 0.271. The normalized spacial score (nSPS) is 10.7. The second-order valence-corrected chi connectivity index (χ2v) is 7.64. The summed E-state index contributed by atoms with van der Waals surface area (Å²) in [6.45, 7) is 6.47. The molecule has 0 heterocycles. The van der Waals surface area contributed by atoms with Crippen LogP contribution in [0.15, 0.2) is 78.9 Å². The fourth-order valence-corrected chi connectivity index (χ4v) is 3.05. The summed E-state index contributed by atoms with van der Waals surface area (Å²) in [7, 11) is 0. The number of hydrogen-bond acceptors (Lipinski definition) is 3. The van der Waals surface area contributed by atoms with Crippen molar-refractivity contribution < 1.29 is 9.47 Å². The van der Waals surface area contributed by atoms with E-state index >= 15 is 0 Å². The summed E-state index contributed by atoms with van der Waals surface area (Å²) in [5, 5.41) is 3.50. The van der Waals surface area contributed by atoms with Crippen LogP contribution < -0.4 is 14.8 Å². The van der Waals surface area contributed by atoms with Crippen LogP contribution in [0.1, 0.15) is 31.4 Å². The molecular formula is C26H31NO2. The Morgan fingerprint density at radius 1 is 0.793 bits per heavy atom. The zero-order chi connectivity index (χ0) is 20.3. The minimum absolute atomic E-state index is 0.516. The van der Waals surface area contributed by atoms with Gasteiger partial charge < -0.3 is 14.8 Å². The van der Waals surface area contributed by atoms with Crippen LogP contribution in [0.5, 0.6) is 11.5 Å². The van der Waals surface area contributed by atoms with Crippen LogP contribution in [0.25, 0.3) is 0 Å². The van der Waals surface area contributed by atoms with Crippen molar-refractivity contribution in [3.63, 3.8) is 0 Å². The molecule has 0 aliphatic carbocycles. The van der Waals surface area contributed by atoms with Gasteiger partial charge in [0.05, 0.1) is 18.9 Å². The van der Waals surface area contributed by atoms with Crippen molar-refractivity contribution in [2.45, 2.75) is 33.2 Å². The third kappa shape index (κ3) is 7.19. The van der Waals surface area contributed by atoms with E-state index in [0.29, 0.717) is 12.5 Å². The van der Waals surface area contributed by atoms with Crippen molar-refractivity contribution >= 4 is 5.69 Å². The molecule has 0 saturated carbocycles. The highest BCUT2D eigenvalue weighted by molar-refractivity contribution is 5.56. The van der Waals surface area contributed by atoms with Crippen molar-refractivity contribution in [2.24, 2.45) is 5.92 Å². The molecule has 0 bridgehead atoms. The topological polar surface area (TPSA) is 30.5 Å². The first-order chi connectivity index (χ1) is 14.2. The van der Waals surface area contributed by atoms with E-state index in [2.05, 4.69) is 61.6 Å². The predicted octanol–water partition coefficient (Wildman–Crippen LogP) is 6.35. The van der Waals surface area contributed by atoms with E-state index in [1.807, 2.05) is 36.4 Å². The van der Waals surface area contributed by atoms with E-state index in [9.17, 15) is 0 Å². The molecule has 1 N–H and O–H groups in total. The quantitative estimate of drug-likeness (QED) is 0.388. The monoisotopic (exact) mass is 389 g/mol. The van der Waals surface area contributed by atoms with Gasteiger partial charge in [-0.3, -0.25) is 0 Å². The third-order valence-electron chi connectivity index (χ3n) is 4.56. The fourth-order valence-electron chi connectivity index (χ4n) is 3.05. The predicted molar refractivity (Wildman–Crippen MR) is 121 cm³/mol. The highest BCUT2D eigenvalue weighted by Crippen LogP contribution is 2.25. The summed E-state index contributed by atoms with van der Waals surface area (Å²) in [6, 6.07) is 26.9. The lowest BCUT2D eigenvalue weighted by atomic mass is 10.1. The van der Waals surface area contributed by atoms with Gasteiger partial charge in [0.2, 0.25) is 0 Å². The van der Waals surface area contributed by atoms with E-state index in [1.54, 1.807) is 0 Å². The van der Waals surface area contributed by atoms with Crippen molar-refractivity contribution in [2.75, 3.05) is 18.5 Å². The average Bonchev–Trinajstić information content (AvgIpc) is 2.75. The molecule has 0 aromatic heterocycles. The number of aryl methyl sites for hydroxylation is 1. The Labute approximate surface area is 174 Å². The molecule has 3 rings (SSSR count). The number of anilines is 1. The van der Waals surface area contributed by atoms with Crippen LogP contribution in [0.4, 0.5) is 5.69 Å². The summed E-state index contributed by atoms with van der Waals surface area (Å²) in [4.78, 5) is 0. The summed E-state index contributed by atoms with van der Waals surface area (Å²) >= 11 is 0. The van der Waals surface area contributed by atoms with Crippen molar-refractivity contribution in [1.82, 2.24) is 0 Å². The van der Waals surface area contributed by atoms with Gasteiger partial charge >= 0.3 is 0 Å². The Morgan fingerprint density at radius 3 is 2.38 bits per heavy atom. The van der Waals surface area contributed by atoms with E-state index in [-0.39, 0.29) is 0 Å². The minimum Gasteiger partial charge on any atom is -0.493 e. The van der Waals surface area contributed by atoms with Gasteiger partial charge in [-0.15, -0.1) is 0 Å². The van der Waals surface area contributed by atoms with Crippen LogP contribution in [-0.4, -0.2) is 13.2 Å². The van der Waals surface area contributed by atoms with Crippen LogP contribution in [0.2, 0.25) is 0 Å². The van der Waals surface area contributed by atoms with Gasteiger partial charge in [-0.05, 0) is 54.2 Å². The zero-order valence-electron chi connectivity index (χ0n) is 17.4. The van der Waals surface area contributed by atoms with Crippen molar-refractivity contribution in [3.05, 3.63) is 90.0 Å². The van der Waals surface area contributed by atoms with E-state index in [4.69, 9.17) is 9.47 Å². The minimum atomic E-state index is 0.516. The first-order valence-electron chi connectivity index (χ1n) is 10.4. The molecule has 0 unspecified atom stereocenters. The van der Waals surface area contributed by atoms with Crippen LogP contribution in [0.3, 0.4) is 0 Å². The molecule has 0 aliphatic heterocycles. The van der Waals surface area contributed by atoms with Gasteiger partial charge in [0.15, 0.2) is 0 Å². The smallest absolute Gasteiger partial charge is 0.142 e. The number of benzene rings is 3. The Kier molecular flexibility index (Phi) is 8.00. The van der Waals surface area contributed by atoms with Crippen LogP contribution in [-0.2, 0) is 13.0 Å². The average molecular weight is 390 g/mol. The molecule has 3 nitrogen and oxygen atoms in total. The van der Waals surface area contributed by atoms with E-state index < -0.39 is 0 Å². The Morgan fingerprint density at radius 2 is 1.55 bits per heavy atom. The SMILES string of the molecule is CC(C)COc1cccc(CNc2ccccc2OCCCc2ccccc2)c1. The summed E-state index contributed by atoms with van der Waals surface area (Å²) in [6.07, 6.45) is 2.02. The molecule has 0 atom stereocenters. The molecule has 3 aromatic rings. The maximum atomic E-state index is 6.05. The molecule has 3 aromatic carbocycles. The Balaban J connectivity index is 1.50. The highest BCUT2D eigenvalue weighted by Gasteiger charge is 2.04. The number of rotatable bonds is 11. The molecule has 0 aliphatic rings. The molecule has 0 fully saturated rings. The maximum absolute atomic E-state index is 6.05. The van der Waals surface area contributed by atoms with Gasteiger partial charge in [-0.25, -0.2) is 0 Å². The van der Waals surface area contributed by atoms with Gasteiger partial charge in [0, 0.05) is 6.54 Å². The number of hydrogen-bond donors (Lipinski definition) is 1. The number of nitrogens with one attached hydrogen (secondary N) is 1. The molecule has 29 heavy (non-hydrogen) atoms. The number of para-hydroxylation sites is 2. The standard InChI is InChI=1S/C26H31NO2/c1-21(2)20-29-24-14-8-12-23(18-24)19-27-25-15-6-7-16-26(25)28-17-9-13-22-10-4-3-5-11-22/h3-8,10-12,14-16,18,21,27H,9,13,17,19-20H2,1-2H3. The molecule has 3 heteroatoms. The van der Waals surface area contributed by atoms with Gasteiger partial charge in [-0.2, -0.15) is 0 Å². The van der Waals surface area contributed by atoms with E-state index in [1.165, 1.54) is 11.1 Å². The maximum Gasteiger partial charge on any atom is 0.142 e.